The highest BCUT2D eigenvalue weighted by Crippen LogP contribution is 2.23. The average Bonchev–Trinajstić information content (AvgIpc) is 3.42. The van der Waals surface area contributed by atoms with Crippen LogP contribution in [0, 0.1) is 0 Å². The number of methoxy groups -OCH3 is 1. The van der Waals surface area contributed by atoms with Gasteiger partial charge in [-0.05, 0) is 48.0 Å². The molecule has 0 saturated carbocycles. The zero-order chi connectivity index (χ0) is 20.2. The molecule has 0 saturated heterocycles. The Morgan fingerprint density at radius 2 is 2.03 bits per heavy atom. The van der Waals surface area contributed by atoms with Crippen molar-refractivity contribution in [2.24, 2.45) is 7.05 Å². The third kappa shape index (κ3) is 4.03. The van der Waals surface area contributed by atoms with Crippen molar-refractivity contribution in [2.75, 3.05) is 7.11 Å². The number of furan rings is 1. The fourth-order valence-electron chi connectivity index (χ4n) is 3.02. The van der Waals surface area contributed by atoms with Gasteiger partial charge in [0.05, 0.1) is 19.1 Å². The van der Waals surface area contributed by atoms with E-state index in [0.717, 1.165) is 22.6 Å². The maximum absolute atomic E-state index is 12.7. The predicted molar refractivity (Wildman–Crippen MR) is 108 cm³/mol. The Hall–Kier alpha value is -3.87. The molecule has 0 aliphatic heterocycles. The number of hydrogen-bond donors (Lipinski definition) is 1. The number of benzene rings is 1. The summed E-state index contributed by atoms with van der Waals surface area (Å²) in [5, 5.41) is 7.39. The van der Waals surface area contributed by atoms with Gasteiger partial charge in [-0.3, -0.25) is 14.5 Å². The first-order valence-electron chi connectivity index (χ1n) is 9.09. The molecule has 0 aliphatic carbocycles. The van der Waals surface area contributed by atoms with Crippen LogP contribution in [-0.4, -0.2) is 27.8 Å². The highest BCUT2D eigenvalue weighted by atomic mass is 16.5. The van der Waals surface area contributed by atoms with Crippen LogP contribution < -0.4 is 10.1 Å². The third-order valence-electron chi connectivity index (χ3n) is 4.53. The summed E-state index contributed by atoms with van der Waals surface area (Å²) in [5.41, 5.74) is 3.72. The molecule has 1 amide bonds. The van der Waals surface area contributed by atoms with Gasteiger partial charge in [-0.1, -0.05) is 12.1 Å². The zero-order valence-electron chi connectivity index (χ0n) is 16.1. The molecule has 29 heavy (non-hydrogen) atoms. The van der Waals surface area contributed by atoms with E-state index in [9.17, 15) is 4.79 Å². The molecule has 0 spiro atoms. The van der Waals surface area contributed by atoms with E-state index >= 15 is 0 Å². The van der Waals surface area contributed by atoms with Gasteiger partial charge in [0.1, 0.15) is 17.1 Å². The number of ether oxygens (including phenoxy) is 1. The van der Waals surface area contributed by atoms with Gasteiger partial charge >= 0.3 is 0 Å². The van der Waals surface area contributed by atoms with Crippen LogP contribution in [0.1, 0.15) is 16.1 Å². The first-order valence-corrected chi connectivity index (χ1v) is 9.09. The standard InChI is InChI=1S/C22H20N4O3/c1-26-20(13-18(25-26)16-5-3-6-17(12-16)28-2)22(27)24-14-15-8-9-23-19(11-15)21-7-4-10-29-21/h3-13H,14H2,1-2H3,(H,24,27). The minimum atomic E-state index is -0.203. The number of aryl methyl sites for hydroxylation is 1. The third-order valence-corrected chi connectivity index (χ3v) is 4.53. The van der Waals surface area contributed by atoms with Gasteiger partial charge in [0.2, 0.25) is 0 Å². The van der Waals surface area contributed by atoms with Crippen molar-refractivity contribution < 1.29 is 13.9 Å². The summed E-state index contributed by atoms with van der Waals surface area (Å²) in [6.45, 7) is 0.370. The van der Waals surface area contributed by atoms with Gasteiger partial charge in [0, 0.05) is 25.4 Å². The molecule has 0 radical (unpaired) electrons. The van der Waals surface area contributed by atoms with Crippen LogP contribution in [0.5, 0.6) is 5.75 Å². The molecule has 0 unspecified atom stereocenters. The van der Waals surface area contributed by atoms with E-state index in [2.05, 4.69) is 15.4 Å². The van der Waals surface area contributed by atoms with Gasteiger partial charge in [0.15, 0.2) is 5.76 Å². The molecule has 4 aromatic rings. The van der Waals surface area contributed by atoms with E-state index < -0.39 is 0 Å². The summed E-state index contributed by atoms with van der Waals surface area (Å²) in [5.74, 6) is 1.22. The largest absolute Gasteiger partial charge is 0.497 e. The normalized spacial score (nSPS) is 10.7. The molecule has 146 valence electrons. The van der Waals surface area contributed by atoms with Gasteiger partial charge in [-0.2, -0.15) is 5.10 Å². The van der Waals surface area contributed by atoms with Crippen molar-refractivity contribution in [1.82, 2.24) is 20.1 Å². The van der Waals surface area contributed by atoms with Crippen LogP contribution in [0.15, 0.2) is 71.5 Å². The number of carbonyl (C=O) groups excluding carboxylic acids is 1. The topological polar surface area (TPSA) is 82.2 Å². The molecule has 1 N–H and O–H groups in total. The Labute approximate surface area is 168 Å². The minimum absolute atomic E-state index is 0.203. The molecular weight excluding hydrogens is 368 g/mol. The van der Waals surface area contributed by atoms with Crippen LogP contribution in [0.4, 0.5) is 0 Å². The van der Waals surface area contributed by atoms with Gasteiger partial charge < -0.3 is 14.5 Å². The maximum atomic E-state index is 12.7. The summed E-state index contributed by atoms with van der Waals surface area (Å²) in [4.78, 5) is 17.0. The van der Waals surface area contributed by atoms with Gasteiger partial charge in [-0.15, -0.1) is 0 Å². The van der Waals surface area contributed by atoms with Gasteiger partial charge in [0.25, 0.3) is 5.91 Å². The van der Waals surface area contributed by atoms with Crippen molar-refractivity contribution in [3.8, 4) is 28.5 Å². The van der Waals surface area contributed by atoms with Crippen molar-refractivity contribution in [3.05, 3.63) is 78.3 Å². The van der Waals surface area contributed by atoms with Crippen LogP contribution in [0.25, 0.3) is 22.7 Å². The second-order valence-corrected chi connectivity index (χ2v) is 6.48. The van der Waals surface area contributed by atoms with Crippen LogP contribution in [0.2, 0.25) is 0 Å². The van der Waals surface area contributed by atoms with Crippen LogP contribution in [0.3, 0.4) is 0 Å². The Balaban J connectivity index is 1.48. The SMILES string of the molecule is COc1cccc(-c2cc(C(=O)NCc3ccnc(-c4ccco4)c3)n(C)n2)c1. The summed E-state index contributed by atoms with van der Waals surface area (Å²) in [6.07, 6.45) is 3.30. The van der Waals surface area contributed by atoms with Crippen molar-refractivity contribution in [2.45, 2.75) is 6.54 Å². The molecule has 7 heteroatoms. The van der Waals surface area contributed by atoms with E-state index in [-0.39, 0.29) is 5.91 Å². The molecule has 3 aromatic heterocycles. The van der Waals surface area contributed by atoms with Crippen molar-refractivity contribution >= 4 is 5.91 Å². The number of nitrogens with one attached hydrogen (secondary N) is 1. The second-order valence-electron chi connectivity index (χ2n) is 6.48. The quantitative estimate of drug-likeness (QED) is 0.545. The van der Waals surface area contributed by atoms with Crippen LogP contribution in [-0.2, 0) is 13.6 Å². The second kappa shape index (κ2) is 8.02. The van der Waals surface area contributed by atoms with Gasteiger partial charge in [-0.25, -0.2) is 0 Å². The van der Waals surface area contributed by atoms with E-state index in [4.69, 9.17) is 9.15 Å². The summed E-state index contributed by atoms with van der Waals surface area (Å²) in [6, 6.07) is 16.8. The van der Waals surface area contributed by atoms with E-state index in [1.165, 1.54) is 0 Å². The predicted octanol–water partition coefficient (Wildman–Crippen LogP) is 3.68. The number of hydrogen-bond acceptors (Lipinski definition) is 5. The van der Waals surface area contributed by atoms with Crippen molar-refractivity contribution in [3.63, 3.8) is 0 Å². The molecule has 7 nitrogen and oxygen atoms in total. The monoisotopic (exact) mass is 388 g/mol. The number of amides is 1. The maximum Gasteiger partial charge on any atom is 0.269 e. The molecule has 0 bridgehead atoms. The van der Waals surface area contributed by atoms with E-state index in [1.807, 2.05) is 48.5 Å². The smallest absolute Gasteiger partial charge is 0.269 e. The number of rotatable bonds is 6. The van der Waals surface area contributed by atoms with Crippen molar-refractivity contribution in [1.29, 1.82) is 0 Å². The lowest BCUT2D eigenvalue weighted by Crippen LogP contribution is -2.25. The summed E-state index contributed by atoms with van der Waals surface area (Å²) in [7, 11) is 3.37. The number of aromatic nitrogens is 3. The fraction of sp³-hybridized carbons (Fsp3) is 0.136. The molecule has 0 aliphatic rings. The molecule has 3 heterocycles. The lowest BCUT2D eigenvalue weighted by atomic mass is 10.1. The highest BCUT2D eigenvalue weighted by Gasteiger charge is 2.15. The molecule has 1 aromatic carbocycles. The number of pyridine rings is 1. The van der Waals surface area contributed by atoms with Crippen LogP contribution >= 0.6 is 0 Å². The Bertz CT molecular complexity index is 1130. The highest BCUT2D eigenvalue weighted by molar-refractivity contribution is 5.93. The summed E-state index contributed by atoms with van der Waals surface area (Å²) < 4.78 is 12.2. The first-order chi connectivity index (χ1) is 14.1. The Morgan fingerprint density at radius 3 is 2.83 bits per heavy atom. The molecule has 0 atom stereocenters. The molecular formula is C22H20N4O3. The first kappa shape index (κ1) is 18.5. The number of carbonyl (C=O) groups is 1. The number of nitrogens with zero attached hydrogens (tertiary/aromatic N) is 3. The fourth-order valence-corrected chi connectivity index (χ4v) is 3.02. The molecule has 4 rings (SSSR count). The molecule has 0 fully saturated rings. The lowest BCUT2D eigenvalue weighted by molar-refractivity contribution is 0.0941. The minimum Gasteiger partial charge on any atom is -0.497 e. The lowest BCUT2D eigenvalue weighted by Gasteiger charge is -2.06. The Kier molecular flexibility index (Phi) is 5.11. The zero-order valence-corrected chi connectivity index (χ0v) is 16.1. The van der Waals surface area contributed by atoms with E-state index in [1.54, 1.807) is 37.4 Å². The average molecular weight is 388 g/mol. The van der Waals surface area contributed by atoms with E-state index in [0.29, 0.717) is 23.7 Å². The summed E-state index contributed by atoms with van der Waals surface area (Å²) >= 11 is 0. The Morgan fingerprint density at radius 1 is 1.14 bits per heavy atom.